The zero-order valence-electron chi connectivity index (χ0n) is 10.1. The predicted molar refractivity (Wildman–Crippen MR) is 74.2 cm³/mol. The van der Waals surface area contributed by atoms with E-state index in [1.54, 1.807) is 23.9 Å². The van der Waals surface area contributed by atoms with Crippen molar-refractivity contribution < 1.29 is 9.90 Å². The van der Waals surface area contributed by atoms with Gasteiger partial charge >= 0.3 is 0 Å². The number of carbonyl (C=O) groups excluding carboxylic acids is 1. The Balaban J connectivity index is 2.23. The molecule has 3 heteroatoms. The summed E-state index contributed by atoms with van der Waals surface area (Å²) in [7, 11) is 0. The smallest absolute Gasteiger partial charge is 0.150 e. The van der Waals surface area contributed by atoms with Gasteiger partial charge in [0.25, 0.3) is 0 Å². The fourth-order valence-corrected chi connectivity index (χ4v) is 2.78. The third kappa shape index (κ3) is 2.74. The van der Waals surface area contributed by atoms with E-state index in [-0.39, 0.29) is 5.75 Å². The van der Waals surface area contributed by atoms with Crippen LogP contribution in [0, 0.1) is 6.92 Å². The molecule has 1 N–H and O–H groups in total. The summed E-state index contributed by atoms with van der Waals surface area (Å²) in [6.45, 7) is 1.84. The predicted octanol–water partition coefficient (Wildman–Crippen LogP) is 3.81. The molecular weight excluding hydrogens is 244 g/mol. The average Bonchev–Trinajstić information content (AvgIpc) is 2.41. The van der Waals surface area contributed by atoms with Gasteiger partial charge < -0.3 is 5.11 Å². The average molecular weight is 258 g/mol. The van der Waals surface area contributed by atoms with Crippen molar-refractivity contribution in [2.45, 2.75) is 17.6 Å². The third-order valence-electron chi connectivity index (χ3n) is 2.86. The lowest BCUT2D eigenvalue weighted by Gasteiger charge is -2.10. The van der Waals surface area contributed by atoms with E-state index in [9.17, 15) is 9.90 Å². The van der Waals surface area contributed by atoms with Crippen LogP contribution in [0.25, 0.3) is 0 Å². The zero-order chi connectivity index (χ0) is 13.0. The van der Waals surface area contributed by atoms with Crippen molar-refractivity contribution in [2.24, 2.45) is 0 Å². The molecule has 0 saturated heterocycles. The van der Waals surface area contributed by atoms with Crippen LogP contribution in [-0.2, 0) is 5.75 Å². The van der Waals surface area contributed by atoms with Gasteiger partial charge in [0.05, 0.1) is 0 Å². The molecule has 2 rings (SSSR count). The summed E-state index contributed by atoms with van der Waals surface area (Å²) in [5.41, 5.74) is 2.33. The lowest BCUT2D eigenvalue weighted by molar-refractivity contribution is 0.112. The van der Waals surface area contributed by atoms with Gasteiger partial charge in [-0.05, 0) is 42.3 Å². The molecule has 0 aliphatic heterocycles. The molecular formula is C15H14O2S. The maximum absolute atomic E-state index is 11.0. The molecule has 2 nitrogen and oxygen atoms in total. The number of benzene rings is 2. The first-order chi connectivity index (χ1) is 8.72. The molecule has 0 radical (unpaired) electrons. The monoisotopic (exact) mass is 258 g/mol. The molecule has 0 saturated carbocycles. The van der Waals surface area contributed by atoms with Gasteiger partial charge in [-0.2, -0.15) is 0 Å². The molecule has 0 amide bonds. The quantitative estimate of drug-likeness (QED) is 0.669. The van der Waals surface area contributed by atoms with E-state index in [2.05, 4.69) is 0 Å². The van der Waals surface area contributed by atoms with Crippen LogP contribution in [0.5, 0.6) is 5.75 Å². The second-order valence-corrected chi connectivity index (χ2v) is 5.05. The summed E-state index contributed by atoms with van der Waals surface area (Å²) in [5.74, 6) is 0.919. The van der Waals surface area contributed by atoms with Crippen molar-refractivity contribution in [1.82, 2.24) is 0 Å². The normalized spacial score (nSPS) is 10.3. The van der Waals surface area contributed by atoms with Gasteiger partial charge in [-0.3, -0.25) is 4.79 Å². The molecule has 18 heavy (non-hydrogen) atoms. The van der Waals surface area contributed by atoms with E-state index in [0.717, 1.165) is 22.3 Å². The second-order valence-electron chi connectivity index (χ2n) is 4.00. The number of hydrogen-bond donors (Lipinski definition) is 1. The van der Waals surface area contributed by atoms with Crippen LogP contribution in [0.3, 0.4) is 0 Å². The van der Waals surface area contributed by atoms with Crippen molar-refractivity contribution in [3.8, 4) is 5.75 Å². The highest BCUT2D eigenvalue weighted by Gasteiger charge is 2.09. The van der Waals surface area contributed by atoms with Crippen molar-refractivity contribution in [2.75, 3.05) is 0 Å². The molecule has 0 aromatic heterocycles. The molecule has 0 spiro atoms. The van der Waals surface area contributed by atoms with Crippen molar-refractivity contribution in [3.05, 3.63) is 59.2 Å². The van der Waals surface area contributed by atoms with Crippen LogP contribution < -0.4 is 0 Å². The SMILES string of the molecule is Cc1c(O)ccc(C=O)c1CSc1ccccc1. The Morgan fingerprint density at radius 1 is 1.17 bits per heavy atom. The molecule has 2 aromatic carbocycles. The van der Waals surface area contributed by atoms with Crippen LogP contribution in [0.15, 0.2) is 47.4 Å². The summed E-state index contributed by atoms with van der Waals surface area (Å²) < 4.78 is 0. The van der Waals surface area contributed by atoms with Crippen LogP contribution >= 0.6 is 11.8 Å². The zero-order valence-corrected chi connectivity index (χ0v) is 10.9. The van der Waals surface area contributed by atoms with Gasteiger partial charge in [-0.25, -0.2) is 0 Å². The highest BCUT2D eigenvalue weighted by atomic mass is 32.2. The molecule has 92 valence electrons. The Morgan fingerprint density at radius 2 is 1.89 bits per heavy atom. The number of carbonyl (C=O) groups is 1. The van der Waals surface area contributed by atoms with E-state index >= 15 is 0 Å². The molecule has 0 aliphatic carbocycles. The van der Waals surface area contributed by atoms with Crippen LogP contribution in [-0.4, -0.2) is 11.4 Å². The minimum atomic E-state index is 0.240. The standard InChI is InChI=1S/C15H14O2S/c1-11-14(12(9-16)7-8-15(11)17)10-18-13-5-3-2-4-6-13/h2-9,17H,10H2,1H3. The van der Waals surface area contributed by atoms with Crippen molar-refractivity contribution >= 4 is 18.0 Å². The maximum Gasteiger partial charge on any atom is 0.150 e. The van der Waals surface area contributed by atoms with E-state index < -0.39 is 0 Å². The highest BCUT2D eigenvalue weighted by Crippen LogP contribution is 2.29. The fraction of sp³-hybridized carbons (Fsp3) is 0.133. The molecule has 0 atom stereocenters. The van der Waals surface area contributed by atoms with Gasteiger partial charge in [0.1, 0.15) is 12.0 Å². The molecule has 2 aromatic rings. The minimum Gasteiger partial charge on any atom is -0.508 e. The molecule has 0 fully saturated rings. The summed E-state index contributed by atoms with van der Waals surface area (Å²) in [6, 6.07) is 13.2. The first-order valence-electron chi connectivity index (χ1n) is 5.67. The van der Waals surface area contributed by atoms with Gasteiger partial charge in [0.15, 0.2) is 0 Å². The molecule has 0 bridgehead atoms. The van der Waals surface area contributed by atoms with E-state index in [0.29, 0.717) is 11.3 Å². The molecule has 0 unspecified atom stereocenters. The Hall–Kier alpha value is -1.74. The first kappa shape index (κ1) is 12.7. The van der Waals surface area contributed by atoms with Gasteiger partial charge in [-0.15, -0.1) is 11.8 Å². The van der Waals surface area contributed by atoms with Crippen molar-refractivity contribution in [3.63, 3.8) is 0 Å². The largest absolute Gasteiger partial charge is 0.508 e. The summed E-state index contributed by atoms with van der Waals surface area (Å²) >= 11 is 1.66. The van der Waals surface area contributed by atoms with E-state index in [1.165, 1.54) is 0 Å². The number of phenolic OH excluding ortho intramolecular Hbond substituents is 1. The topological polar surface area (TPSA) is 37.3 Å². The van der Waals surface area contributed by atoms with Gasteiger partial charge in [-0.1, -0.05) is 18.2 Å². The summed E-state index contributed by atoms with van der Waals surface area (Å²) in [4.78, 5) is 12.2. The number of aldehydes is 1. The number of phenols is 1. The van der Waals surface area contributed by atoms with Crippen LogP contribution in [0.2, 0.25) is 0 Å². The summed E-state index contributed by atoms with van der Waals surface area (Å²) in [6.07, 6.45) is 0.841. The number of hydrogen-bond acceptors (Lipinski definition) is 3. The Labute approximate surface area is 111 Å². The van der Waals surface area contributed by atoms with Crippen LogP contribution in [0.4, 0.5) is 0 Å². The lowest BCUT2D eigenvalue weighted by Crippen LogP contribution is -1.95. The number of thioether (sulfide) groups is 1. The van der Waals surface area contributed by atoms with Gasteiger partial charge in [0.2, 0.25) is 0 Å². The van der Waals surface area contributed by atoms with Crippen molar-refractivity contribution in [1.29, 1.82) is 0 Å². The third-order valence-corrected chi connectivity index (χ3v) is 3.90. The van der Waals surface area contributed by atoms with Gasteiger partial charge in [0, 0.05) is 16.2 Å². The highest BCUT2D eigenvalue weighted by molar-refractivity contribution is 7.98. The number of aromatic hydroxyl groups is 1. The Bertz CT molecular complexity index is 550. The Morgan fingerprint density at radius 3 is 2.56 bits per heavy atom. The second kappa shape index (κ2) is 5.74. The first-order valence-corrected chi connectivity index (χ1v) is 6.65. The van der Waals surface area contributed by atoms with E-state index in [4.69, 9.17) is 0 Å². The minimum absolute atomic E-state index is 0.240. The maximum atomic E-state index is 11.0. The molecule has 0 aliphatic rings. The summed E-state index contributed by atoms with van der Waals surface area (Å²) in [5, 5.41) is 9.69. The lowest BCUT2D eigenvalue weighted by atomic mass is 10.0. The molecule has 0 heterocycles. The van der Waals surface area contributed by atoms with E-state index in [1.807, 2.05) is 37.3 Å². The number of rotatable bonds is 4. The fourth-order valence-electron chi connectivity index (χ4n) is 1.74. The van der Waals surface area contributed by atoms with Crippen LogP contribution in [0.1, 0.15) is 21.5 Å². The Kier molecular flexibility index (Phi) is 4.05.